The fourth-order valence-electron chi connectivity index (χ4n) is 4.04. The zero-order valence-electron chi connectivity index (χ0n) is 15.7. The second-order valence-corrected chi connectivity index (χ2v) is 9.40. The van der Waals surface area contributed by atoms with Crippen LogP contribution in [0.5, 0.6) is 0 Å². The topological polar surface area (TPSA) is 86.8 Å². The Balaban J connectivity index is 1.59. The van der Waals surface area contributed by atoms with Crippen LogP contribution in [-0.4, -0.2) is 69.0 Å². The maximum atomic E-state index is 13.1. The van der Waals surface area contributed by atoms with Gasteiger partial charge in [0.2, 0.25) is 21.8 Å². The smallest absolute Gasteiger partial charge is 0.237 e. The summed E-state index contributed by atoms with van der Waals surface area (Å²) >= 11 is 0. The summed E-state index contributed by atoms with van der Waals surface area (Å²) in [6.45, 7) is 2.09. The predicted molar refractivity (Wildman–Crippen MR) is 102 cm³/mol. The largest absolute Gasteiger partial charge is 0.342 e. The van der Waals surface area contributed by atoms with E-state index < -0.39 is 15.4 Å². The van der Waals surface area contributed by atoms with Gasteiger partial charge in [-0.25, -0.2) is 13.1 Å². The van der Waals surface area contributed by atoms with Crippen LogP contribution in [0.4, 0.5) is 0 Å². The number of piperidine rings is 1. The lowest BCUT2D eigenvalue weighted by Crippen LogP contribution is -2.51. The molecular formula is C19H27N3O4S. The second kappa shape index (κ2) is 7.98. The number of nitrogens with zero attached hydrogens (tertiary/aromatic N) is 2. The van der Waals surface area contributed by atoms with Gasteiger partial charge in [-0.3, -0.25) is 9.59 Å². The van der Waals surface area contributed by atoms with E-state index in [9.17, 15) is 18.0 Å². The molecule has 1 atom stereocenters. The van der Waals surface area contributed by atoms with Crippen LogP contribution in [0.25, 0.3) is 0 Å². The van der Waals surface area contributed by atoms with Gasteiger partial charge in [0.05, 0.1) is 18.2 Å². The highest BCUT2D eigenvalue weighted by atomic mass is 32.2. The van der Waals surface area contributed by atoms with Gasteiger partial charge in [0.15, 0.2) is 0 Å². The fraction of sp³-hybridized carbons (Fsp3) is 0.579. The molecule has 7 nitrogen and oxygen atoms in total. The third-order valence-corrected chi connectivity index (χ3v) is 6.20. The van der Waals surface area contributed by atoms with Crippen molar-refractivity contribution in [3.63, 3.8) is 0 Å². The van der Waals surface area contributed by atoms with Crippen molar-refractivity contribution in [2.75, 3.05) is 39.0 Å². The van der Waals surface area contributed by atoms with Crippen molar-refractivity contribution in [1.82, 2.24) is 14.5 Å². The number of likely N-dealkylation sites (tertiary alicyclic amines) is 2. The third-order valence-electron chi connectivity index (χ3n) is 5.53. The van der Waals surface area contributed by atoms with E-state index in [1.165, 1.54) is 5.56 Å². The van der Waals surface area contributed by atoms with Crippen LogP contribution in [0.3, 0.4) is 0 Å². The van der Waals surface area contributed by atoms with Crippen LogP contribution >= 0.6 is 0 Å². The predicted octanol–water partition coefficient (Wildman–Crippen LogP) is 0.619. The Morgan fingerprint density at radius 2 is 1.93 bits per heavy atom. The molecule has 0 radical (unpaired) electrons. The number of carbonyl (C=O) groups is 2. The molecule has 27 heavy (non-hydrogen) atoms. The molecule has 1 spiro atoms. The number of amides is 2. The molecule has 2 saturated heterocycles. The van der Waals surface area contributed by atoms with Crippen molar-refractivity contribution in [2.45, 2.75) is 25.7 Å². The van der Waals surface area contributed by atoms with Crippen LogP contribution in [-0.2, 0) is 26.0 Å². The zero-order chi connectivity index (χ0) is 19.5. The van der Waals surface area contributed by atoms with Gasteiger partial charge in [0.1, 0.15) is 0 Å². The van der Waals surface area contributed by atoms with Crippen LogP contribution in [0.1, 0.15) is 24.8 Å². The average Bonchev–Trinajstić information content (AvgIpc) is 3.06. The maximum Gasteiger partial charge on any atom is 0.237 e. The minimum absolute atomic E-state index is 0.135. The Hall–Kier alpha value is -1.93. The second-order valence-electron chi connectivity index (χ2n) is 7.57. The molecule has 0 bridgehead atoms. The average molecular weight is 394 g/mol. The summed E-state index contributed by atoms with van der Waals surface area (Å²) in [6, 6.07) is 10.1. The molecule has 3 rings (SSSR count). The third kappa shape index (κ3) is 4.87. The van der Waals surface area contributed by atoms with E-state index in [0.29, 0.717) is 26.1 Å². The number of carbonyl (C=O) groups excluding carboxylic acids is 2. The number of hydrogen-bond donors (Lipinski definition) is 1. The molecule has 1 aromatic rings. The van der Waals surface area contributed by atoms with E-state index >= 15 is 0 Å². The van der Waals surface area contributed by atoms with Crippen molar-refractivity contribution >= 4 is 21.8 Å². The molecule has 8 heteroatoms. The highest BCUT2D eigenvalue weighted by molar-refractivity contribution is 7.88. The van der Waals surface area contributed by atoms with Crippen molar-refractivity contribution in [3.05, 3.63) is 35.9 Å². The van der Waals surface area contributed by atoms with E-state index in [0.717, 1.165) is 32.1 Å². The normalized spacial score (nSPS) is 23.2. The van der Waals surface area contributed by atoms with Gasteiger partial charge < -0.3 is 9.80 Å². The first kappa shape index (κ1) is 19.8. The van der Waals surface area contributed by atoms with E-state index in [-0.39, 0.29) is 18.4 Å². The fourth-order valence-corrected chi connectivity index (χ4v) is 4.43. The Bertz CT molecular complexity index is 796. The lowest BCUT2D eigenvalue weighted by Gasteiger charge is -2.39. The molecule has 2 amide bonds. The van der Waals surface area contributed by atoms with Gasteiger partial charge in [-0.15, -0.1) is 0 Å². The van der Waals surface area contributed by atoms with Gasteiger partial charge in [0, 0.05) is 26.2 Å². The van der Waals surface area contributed by atoms with E-state index in [1.54, 1.807) is 4.90 Å². The number of nitrogens with one attached hydrogen (secondary N) is 1. The number of rotatable bonds is 6. The molecule has 148 valence electrons. The molecule has 1 aromatic carbocycles. The summed E-state index contributed by atoms with van der Waals surface area (Å²) in [4.78, 5) is 29.0. The van der Waals surface area contributed by atoms with Crippen LogP contribution in [0, 0.1) is 5.41 Å². The highest BCUT2D eigenvalue weighted by Crippen LogP contribution is 2.40. The van der Waals surface area contributed by atoms with Gasteiger partial charge in [-0.05, 0) is 31.2 Å². The Labute approximate surface area is 160 Å². The summed E-state index contributed by atoms with van der Waals surface area (Å²) in [6.07, 6.45) is 4.23. The van der Waals surface area contributed by atoms with Crippen LogP contribution in [0.2, 0.25) is 0 Å². The molecule has 2 fully saturated rings. The maximum absolute atomic E-state index is 13.1. The lowest BCUT2D eigenvalue weighted by atomic mass is 9.78. The van der Waals surface area contributed by atoms with Gasteiger partial charge in [-0.2, -0.15) is 0 Å². The monoisotopic (exact) mass is 393 g/mol. The van der Waals surface area contributed by atoms with Crippen molar-refractivity contribution in [1.29, 1.82) is 0 Å². The van der Waals surface area contributed by atoms with Crippen molar-refractivity contribution < 1.29 is 18.0 Å². The molecule has 0 aliphatic carbocycles. The molecule has 0 aromatic heterocycles. The summed E-state index contributed by atoms with van der Waals surface area (Å²) in [5.41, 5.74) is 0.704. The first-order valence-electron chi connectivity index (χ1n) is 9.35. The Morgan fingerprint density at radius 3 is 2.63 bits per heavy atom. The highest BCUT2D eigenvalue weighted by Gasteiger charge is 2.49. The van der Waals surface area contributed by atoms with Gasteiger partial charge in [-0.1, -0.05) is 30.3 Å². The first-order chi connectivity index (χ1) is 12.8. The number of benzene rings is 1. The zero-order valence-corrected chi connectivity index (χ0v) is 16.5. The summed E-state index contributed by atoms with van der Waals surface area (Å²) in [5, 5.41) is 0. The quantitative estimate of drug-likeness (QED) is 0.768. The Morgan fingerprint density at radius 1 is 1.19 bits per heavy atom. The first-order valence-corrected chi connectivity index (χ1v) is 11.2. The van der Waals surface area contributed by atoms with Crippen molar-refractivity contribution in [3.8, 4) is 0 Å². The summed E-state index contributed by atoms with van der Waals surface area (Å²) < 4.78 is 24.6. The minimum atomic E-state index is -3.41. The molecular weight excluding hydrogens is 366 g/mol. The molecule has 0 saturated carbocycles. The molecule has 1 unspecified atom stereocenters. The summed E-state index contributed by atoms with van der Waals surface area (Å²) in [7, 11) is -3.41. The molecule has 2 aliphatic heterocycles. The van der Waals surface area contributed by atoms with E-state index in [1.807, 2.05) is 23.1 Å². The lowest BCUT2D eigenvalue weighted by molar-refractivity contribution is -0.146. The van der Waals surface area contributed by atoms with Gasteiger partial charge >= 0.3 is 0 Å². The standard InChI is InChI=1S/C19H27N3O4S/c1-27(25,26)20-14-17(23)22-13-10-19(15-22)9-5-11-21(18(19)24)12-8-16-6-3-2-4-7-16/h2-4,6-7,20H,5,8-15H2,1H3. The molecule has 2 aliphatic rings. The number of sulfonamides is 1. The minimum Gasteiger partial charge on any atom is -0.342 e. The molecule has 2 heterocycles. The molecule has 1 N–H and O–H groups in total. The van der Waals surface area contributed by atoms with Crippen molar-refractivity contribution in [2.24, 2.45) is 5.41 Å². The SMILES string of the molecule is CS(=O)(=O)NCC(=O)N1CCC2(CCCN(CCc3ccccc3)C2=O)C1. The van der Waals surface area contributed by atoms with E-state index in [2.05, 4.69) is 16.9 Å². The van der Waals surface area contributed by atoms with Crippen LogP contribution in [0.15, 0.2) is 30.3 Å². The summed E-state index contributed by atoms with van der Waals surface area (Å²) in [5.74, 6) is -0.137. The van der Waals surface area contributed by atoms with E-state index in [4.69, 9.17) is 0 Å². The Kier molecular flexibility index (Phi) is 5.86. The van der Waals surface area contributed by atoms with Crippen LogP contribution < -0.4 is 4.72 Å². The van der Waals surface area contributed by atoms with Gasteiger partial charge in [0.25, 0.3) is 0 Å². The number of hydrogen-bond acceptors (Lipinski definition) is 4.